The van der Waals surface area contributed by atoms with Gasteiger partial charge in [0.2, 0.25) is 0 Å². The molecule has 1 heterocycles. The lowest BCUT2D eigenvalue weighted by Crippen LogP contribution is -2.25. The van der Waals surface area contributed by atoms with Crippen molar-refractivity contribution in [2.75, 3.05) is 6.54 Å². The summed E-state index contributed by atoms with van der Waals surface area (Å²) in [6.07, 6.45) is 0. The van der Waals surface area contributed by atoms with Crippen molar-refractivity contribution in [3.05, 3.63) is 34.9 Å². The molecule has 0 saturated heterocycles. The summed E-state index contributed by atoms with van der Waals surface area (Å²) < 4.78 is 0. The van der Waals surface area contributed by atoms with Crippen molar-refractivity contribution in [1.82, 2.24) is 5.32 Å². The van der Waals surface area contributed by atoms with E-state index in [0.29, 0.717) is 6.04 Å². The molecule has 80 valence electrons. The molecule has 1 aromatic rings. The molecule has 0 radical (unpaired) electrons. The van der Waals surface area contributed by atoms with Crippen LogP contribution in [-0.4, -0.2) is 17.8 Å². The van der Waals surface area contributed by atoms with E-state index in [0.717, 1.165) is 22.5 Å². The number of aliphatic imine (C=N–C) groups is 1. The quantitative estimate of drug-likeness (QED) is 0.860. The smallest absolute Gasteiger partial charge is 0.157 e. The highest BCUT2D eigenvalue weighted by molar-refractivity contribution is 8.13. The second-order valence-electron chi connectivity index (χ2n) is 3.61. The van der Waals surface area contributed by atoms with Gasteiger partial charge >= 0.3 is 0 Å². The highest BCUT2D eigenvalue weighted by atomic mass is 35.5. The van der Waals surface area contributed by atoms with Crippen LogP contribution >= 0.6 is 23.4 Å². The molecule has 0 fully saturated rings. The molecule has 2 rings (SSSR count). The van der Waals surface area contributed by atoms with Crippen LogP contribution in [0.1, 0.15) is 12.5 Å². The van der Waals surface area contributed by atoms with E-state index in [2.05, 4.69) is 17.2 Å². The van der Waals surface area contributed by atoms with Crippen molar-refractivity contribution < 1.29 is 0 Å². The van der Waals surface area contributed by atoms with Crippen LogP contribution in [-0.2, 0) is 5.75 Å². The highest BCUT2D eigenvalue weighted by Crippen LogP contribution is 2.17. The monoisotopic (exact) mass is 240 g/mol. The first-order chi connectivity index (χ1) is 7.24. The van der Waals surface area contributed by atoms with Crippen molar-refractivity contribution in [1.29, 1.82) is 0 Å². The first-order valence-corrected chi connectivity index (χ1v) is 6.28. The van der Waals surface area contributed by atoms with Crippen LogP contribution in [0, 0.1) is 0 Å². The Morgan fingerprint density at radius 3 is 2.80 bits per heavy atom. The fraction of sp³-hybridized carbons (Fsp3) is 0.364. The van der Waals surface area contributed by atoms with Gasteiger partial charge in [-0.15, -0.1) is 0 Å². The Kier molecular flexibility index (Phi) is 3.54. The highest BCUT2D eigenvalue weighted by Gasteiger charge is 2.12. The number of hydrogen-bond donors (Lipinski definition) is 1. The lowest BCUT2D eigenvalue weighted by molar-refractivity contribution is 0.728. The molecule has 1 aliphatic rings. The predicted octanol–water partition coefficient (Wildman–Crippen LogP) is 2.92. The molecule has 0 unspecified atom stereocenters. The summed E-state index contributed by atoms with van der Waals surface area (Å²) in [6.45, 7) is 3.03. The third kappa shape index (κ3) is 3.14. The van der Waals surface area contributed by atoms with Gasteiger partial charge in [-0.1, -0.05) is 35.5 Å². The van der Waals surface area contributed by atoms with E-state index in [-0.39, 0.29) is 0 Å². The van der Waals surface area contributed by atoms with Gasteiger partial charge in [0.25, 0.3) is 0 Å². The van der Waals surface area contributed by atoms with Gasteiger partial charge in [0, 0.05) is 16.8 Å². The number of nitrogens with zero attached hydrogens (tertiary/aromatic N) is 1. The van der Waals surface area contributed by atoms with E-state index >= 15 is 0 Å². The van der Waals surface area contributed by atoms with E-state index in [4.69, 9.17) is 11.6 Å². The Morgan fingerprint density at radius 1 is 1.47 bits per heavy atom. The fourth-order valence-corrected chi connectivity index (χ4v) is 2.41. The normalized spacial score (nSPS) is 19.9. The molecule has 0 saturated carbocycles. The Hall–Kier alpha value is -0.670. The number of hydrogen-bond acceptors (Lipinski definition) is 3. The van der Waals surface area contributed by atoms with E-state index in [1.54, 1.807) is 11.8 Å². The van der Waals surface area contributed by atoms with Gasteiger partial charge < -0.3 is 5.32 Å². The number of nitrogens with one attached hydrogen (secondary N) is 1. The van der Waals surface area contributed by atoms with Gasteiger partial charge in [-0.25, -0.2) is 0 Å². The number of thioether (sulfide) groups is 1. The molecule has 0 amide bonds. The SMILES string of the molecule is C[C@H]1CN=C(SCc2ccc(Cl)cc2)N1. The molecule has 1 aromatic carbocycles. The maximum Gasteiger partial charge on any atom is 0.157 e. The minimum Gasteiger partial charge on any atom is -0.361 e. The minimum atomic E-state index is 0.484. The van der Waals surface area contributed by atoms with Gasteiger partial charge in [0.05, 0.1) is 6.54 Å². The van der Waals surface area contributed by atoms with E-state index in [1.807, 2.05) is 24.3 Å². The molecule has 0 aliphatic carbocycles. The minimum absolute atomic E-state index is 0.484. The summed E-state index contributed by atoms with van der Waals surface area (Å²) in [5, 5.41) is 5.16. The molecule has 2 nitrogen and oxygen atoms in total. The van der Waals surface area contributed by atoms with E-state index in [1.165, 1.54) is 5.56 Å². The Balaban J connectivity index is 1.86. The zero-order valence-corrected chi connectivity index (χ0v) is 10.1. The first kappa shape index (κ1) is 10.8. The summed E-state index contributed by atoms with van der Waals surface area (Å²) >= 11 is 7.56. The van der Waals surface area contributed by atoms with Crippen LogP contribution in [0.4, 0.5) is 0 Å². The molecule has 1 N–H and O–H groups in total. The van der Waals surface area contributed by atoms with Crippen LogP contribution in [0.3, 0.4) is 0 Å². The topological polar surface area (TPSA) is 24.4 Å². The van der Waals surface area contributed by atoms with Crippen molar-refractivity contribution in [2.45, 2.75) is 18.7 Å². The van der Waals surface area contributed by atoms with Crippen molar-refractivity contribution >= 4 is 28.5 Å². The first-order valence-electron chi connectivity index (χ1n) is 4.92. The van der Waals surface area contributed by atoms with Gasteiger partial charge in [-0.05, 0) is 24.6 Å². The van der Waals surface area contributed by atoms with Gasteiger partial charge in [-0.2, -0.15) is 0 Å². The van der Waals surface area contributed by atoms with E-state index in [9.17, 15) is 0 Å². The summed E-state index contributed by atoms with van der Waals surface area (Å²) in [5.74, 6) is 0.940. The van der Waals surface area contributed by atoms with Crippen molar-refractivity contribution in [3.63, 3.8) is 0 Å². The number of halogens is 1. The van der Waals surface area contributed by atoms with Crippen LogP contribution < -0.4 is 5.32 Å². The maximum absolute atomic E-state index is 5.82. The lowest BCUT2D eigenvalue weighted by atomic mass is 10.2. The molecule has 1 aliphatic heterocycles. The maximum atomic E-state index is 5.82. The fourth-order valence-electron chi connectivity index (χ4n) is 1.34. The van der Waals surface area contributed by atoms with Crippen molar-refractivity contribution in [2.24, 2.45) is 4.99 Å². The molecule has 0 spiro atoms. The number of rotatable bonds is 2. The summed E-state index contributed by atoms with van der Waals surface area (Å²) in [6, 6.07) is 8.42. The third-order valence-corrected chi connectivity index (χ3v) is 3.42. The zero-order chi connectivity index (χ0) is 10.7. The van der Waals surface area contributed by atoms with Crippen LogP contribution in [0.2, 0.25) is 5.02 Å². The Morgan fingerprint density at radius 2 is 2.20 bits per heavy atom. The number of amidine groups is 1. The predicted molar refractivity (Wildman–Crippen MR) is 67.6 cm³/mol. The van der Waals surface area contributed by atoms with Crippen LogP contribution in [0.15, 0.2) is 29.3 Å². The molecular formula is C11H13ClN2S. The molecule has 0 aromatic heterocycles. The van der Waals surface area contributed by atoms with Crippen molar-refractivity contribution in [3.8, 4) is 0 Å². The van der Waals surface area contributed by atoms with Crippen LogP contribution in [0.5, 0.6) is 0 Å². The summed E-state index contributed by atoms with van der Waals surface area (Å²) in [7, 11) is 0. The average molecular weight is 241 g/mol. The molecule has 4 heteroatoms. The zero-order valence-electron chi connectivity index (χ0n) is 8.53. The molecular weight excluding hydrogens is 228 g/mol. The van der Waals surface area contributed by atoms with Crippen LogP contribution in [0.25, 0.3) is 0 Å². The number of benzene rings is 1. The van der Waals surface area contributed by atoms with Gasteiger partial charge in [0.1, 0.15) is 0 Å². The van der Waals surface area contributed by atoms with Gasteiger partial charge in [0.15, 0.2) is 5.17 Å². The Labute approximate surface area is 99.1 Å². The largest absolute Gasteiger partial charge is 0.361 e. The average Bonchev–Trinajstić information content (AvgIpc) is 2.64. The standard InChI is InChI=1S/C11H13ClN2S/c1-8-6-13-11(14-8)15-7-9-2-4-10(12)5-3-9/h2-5,8H,6-7H2,1H3,(H,13,14)/t8-/m0/s1. The van der Waals surface area contributed by atoms with Gasteiger partial charge in [-0.3, -0.25) is 4.99 Å². The second-order valence-corrected chi connectivity index (χ2v) is 5.01. The molecule has 1 atom stereocenters. The Bertz CT molecular complexity index is 361. The molecule has 15 heavy (non-hydrogen) atoms. The molecule has 0 bridgehead atoms. The third-order valence-electron chi connectivity index (χ3n) is 2.17. The second kappa shape index (κ2) is 4.90. The summed E-state index contributed by atoms with van der Waals surface area (Å²) in [4.78, 5) is 4.39. The van der Waals surface area contributed by atoms with E-state index < -0.39 is 0 Å². The lowest BCUT2D eigenvalue weighted by Gasteiger charge is -2.05. The summed E-state index contributed by atoms with van der Waals surface area (Å²) in [5.41, 5.74) is 1.27.